The summed E-state index contributed by atoms with van der Waals surface area (Å²) in [6, 6.07) is 0. The van der Waals surface area contributed by atoms with E-state index >= 15 is 0 Å². The van der Waals surface area contributed by atoms with Crippen molar-refractivity contribution < 1.29 is 13.5 Å². The summed E-state index contributed by atoms with van der Waals surface area (Å²) in [6.45, 7) is 0.804. The third kappa shape index (κ3) is 1.36. The molecule has 1 saturated heterocycles. The van der Waals surface area contributed by atoms with E-state index in [4.69, 9.17) is 5.11 Å². The van der Waals surface area contributed by atoms with E-state index < -0.39 is 16.1 Å². The molecular weight excluding hydrogens is 178 g/mol. The van der Waals surface area contributed by atoms with Crippen LogP contribution in [0.15, 0.2) is 0 Å². The molecule has 0 bridgehead atoms. The molecule has 5 heteroatoms. The maximum atomic E-state index is 11.6. The van der Waals surface area contributed by atoms with Crippen LogP contribution >= 0.6 is 0 Å². The Morgan fingerprint density at radius 2 is 1.92 bits per heavy atom. The highest BCUT2D eigenvalue weighted by molar-refractivity contribution is 7.90. The van der Waals surface area contributed by atoms with E-state index in [2.05, 4.69) is 0 Å². The predicted octanol–water partition coefficient (Wildman–Crippen LogP) is -0.455. The van der Waals surface area contributed by atoms with Crippen LogP contribution in [0.25, 0.3) is 0 Å². The molecule has 4 nitrogen and oxygen atoms in total. The Balaban J connectivity index is 2.08. The maximum absolute atomic E-state index is 11.6. The van der Waals surface area contributed by atoms with Crippen molar-refractivity contribution in [1.82, 2.24) is 4.31 Å². The Bertz CT molecular complexity index is 270. The van der Waals surface area contributed by atoms with E-state index in [1.807, 2.05) is 0 Å². The molecule has 1 aliphatic heterocycles. The zero-order valence-electron chi connectivity index (χ0n) is 6.81. The number of aliphatic hydroxyl groups excluding tert-OH is 1. The topological polar surface area (TPSA) is 57.6 Å². The largest absolute Gasteiger partial charge is 0.392 e. The van der Waals surface area contributed by atoms with E-state index in [0.717, 1.165) is 12.8 Å². The monoisotopic (exact) mass is 191 g/mol. The molecule has 1 heterocycles. The smallest absolute Gasteiger partial charge is 0.217 e. The lowest BCUT2D eigenvalue weighted by atomic mass is 10.3. The lowest BCUT2D eigenvalue weighted by Crippen LogP contribution is -2.32. The van der Waals surface area contributed by atoms with Gasteiger partial charge in [0.2, 0.25) is 10.0 Å². The molecule has 1 atom stereocenters. The molecule has 0 spiro atoms. The van der Waals surface area contributed by atoms with Crippen molar-refractivity contribution >= 4 is 10.0 Å². The Hall–Kier alpha value is -0.130. The van der Waals surface area contributed by atoms with Gasteiger partial charge >= 0.3 is 0 Å². The highest BCUT2D eigenvalue weighted by atomic mass is 32.2. The molecule has 70 valence electrons. The van der Waals surface area contributed by atoms with Gasteiger partial charge in [0.1, 0.15) is 0 Å². The van der Waals surface area contributed by atoms with E-state index in [1.165, 1.54) is 4.31 Å². The van der Waals surface area contributed by atoms with Crippen molar-refractivity contribution in [2.75, 3.05) is 13.1 Å². The van der Waals surface area contributed by atoms with Gasteiger partial charge in [0.25, 0.3) is 0 Å². The first kappa shape index (κ1) is 8.47. The van der Waals surface area contributed by atoms with E-state index in [1.54, 1.807) is 0 Å². The Morgan fingerprint density at radius 3 is 2.33 bits per heavy atom. The van der Waals surface area contributed by atoms with Gasteiger partial charge in [-0.1, -0.05) is 0 Å². The van der Waals surface area contributed by atoms with Crippen LogP contribution in [0, 0.1) is 0 Å². The molecule has 0 aromatic carbocycles. The average molecular weight is 191 g/mol. The standard InChI is InChI=1S/C7H13NO3S/c9-6-3-4-8(5-6)12(10,11)7-1-2-7/h6-7,9H,1-5H2/t6-/m0/s1. The molecular formula is C7H13NO3S. The molecule has 0 aromatic rings. The van der Waals surface area contributed by atoms with Gasteiger partial charge in [-0.25, -0.2) is 8.42 Å². The summed E-state index contributed by atoms with van der Waals surface area (Å²) in [4.78, 5) is 0. The summed E-state index contributed by atoms with van der Waals surface area (Å²) in [6.07, 6.45) is 1.74. The number of hydrogen-bond acceptors (Lipinski definition) is 3. The van der Waals surface area contributed by atoms with Crippen molar-refractivity contribution in [3.8, 4) is 0 Å². The summed E-state index contributed by atoms with van der Waals surface area (Å²) in [7, 11) is -3.03. The zero-order chi connectivity index (χ0) is 8.77. The van der Waals surface area contributed by atoms with Gasteiger partial charge in [0.05, 0.1) is 11.4 Å². The molecule has 0 amide bonds. The van der Waals surface area contributed by atoms with Crippen LogP contribution in [0.5, 0.6) is 0 Å². The minimum absolute atomic E-state index is 0.136. The third-order valence-corrected chi connectivity index (χ3v) is 4.80. The van der Waals surface area contributed by atoms with Crippen LogP contribution in [0.1, 0.15) is 19.3 Å². The van der Waals surface area contributed by atoms with Crippen LogP contribution in [0.2, 0.25) is 0 Å². The van der Waals surface area contributed by atoms with Crippen molar-refractivity contribution in [3.63, 3.8) is 0 Å². The SMILES string of the molecule is O=S(=O)(C1CC1)N1CC[C@H](O)C1. The van der Waals surface area contributed by atoms with Crippen LogP contribution in [-0.2, 0) is 10.0 Å². The van der Waals surface area contributed by atoms with Gasteiger partial charge in [0, 0.05) is 13.1 Å². The number of rotatable bonds is 2. The summed E-state index contributed by atoms with van der Waals surface area (Å²) in [5, 5.41) is 9.02. The van der Waals surface area contributed by atoms with Crippen molar-refractivity contribution in [1.29, 1.82) is 0 Å². The van der Waals surface area contributed by atoms with Gasteiger partial charge < -0.3 is 5.11 Å². The average Bonchev–Trinajstić information content (AvgIpc) is 2.75. The lowest BCUT2D eigenvalue weighted by molar-refractivity contribution is 0.189. The number of sulfonamides is 1. The van der Waals surface area contributed by atoms with Gasteiger partial charge in [0.15, 0.2) is 0 Å². The van der Waals surface area contributed by atoms with E-state index in [0.29, 0.717) is 19.5 Å². The lowest BCUT2D eigenvalue weighted by Gasteiger charge is -2.14. The van der Waals surface area contributed by atoms with Crippen LogP contribution in [0.3, 0.4) is 0 Å². The molecule has 12 heavy (non-hydrogen) atoms. The summed E-state index contributed by atoms with van der Waals surface area (Å²) >= 11 is 0. The zero-order valence-corrected chi connectivity index (χ0v) is 7.63. The fraction of sp³-hybridized carbons (Fsp3) is 1.00. The number of nitrogens with zero attached hydrogens (tertiary/aromatic N) is 1. The van der Waals surface area contributed by atoms with Crippen LogP contribution in [0.4, 0.5) is 0 Å². The van der Waals surface area contributed by atoms with Gasteiger partial charge in [-0.05, 0) is 19.3 Å². The molecule has 1 aliphatic carbocycles. The molecule has 0 unspecified atom stereocenters. The number of aliphatic hydroxyl groups is 1. The molecule has 1 N–H and O–H groups in total. The van der Waals surface area contributed by atoms with Gasteiger partial charge in [-0.2, -0.15) is 4.31 Å². The summed E-state index contributed by atoms with van der Waals surface area (Å²) in [5.41, 5.74) is 0. The minimum atomic E-state index is -3.03. The first-order valence-corrected chi connectivity index (χ1v) is 5.78. The summed E-state index contributed by atoms with van der Waals surface area (Å²) < 4.78 is 24.5. The molecule has 2 rings (SSSR count). The Kier molecular flexibility index (Phi) is 1.89. The summed E-state index contributed by atoms with van der Waals surface area (Å²) in [5.74, 6) is 0. The second-order valence-electron chi connectivity index (χ2n) is 3.54. The second kappa shape index (κ2) is 2.68. The van der Waals surface area contributed by atoms with Gasteiger partial charge in [-0.3, -0.25) is 0 Å². The maximum Gasteiger partial charge on any atom is 0.217 e. The highest BCUT2D eigenvalue weighted by Crippen LogP contribution is 2.32. The quantitative estimate of drug-likeness (QED) is 0.643. The Morgan fingerprint density at radius 1 is 1.25 bits per heavy atom. The fourth-order valence-corrected chi connectivity index (χ4v) is 3.41. The van der Waals surface area contributed by atoms with Crippen LogP contribution < -0.4 is 0 Å². The normalized spacial score (nSPS) is 32.6. The predicted molar refractivity (Wildman–Crippen MR) is 44.1 cm³/mol. The highest BCUT2D eigenvalue weighted by Gasteiger charge is 2.42. The number of hydrogen-bond donors (Lipinski definition) is 1. The molecule has 2 fully saturated rings. The second-order valence-corrected chi connectivity index (χ2v) is 5.76. The Labute approximate surface area is 72.2 Å². The molecule has 1 saturated carbocycles. The first-order valence-electron chi connectivity index (χ1n) is 4.28. The van der Waals surface area contributed by atoms with E-state index in [-0.39, 0.29) is 5.25 Å². The van der Waals surface area contributed by atoms with Crippen molar-refractivity contribution in [2.45, 2.75) is 30.6 Å². The minimum Gasteiger partial charge on any atom is -0.392 e. The fourth-order valence-electron chi connectivity index (χ4n) is 1.52. The third-order valence-electron chi connectivity index (χ3n) is 2.43. The molecule has 2 aliphatic rings. The van der Waals surface area contributed by atoms with Gasteiger partial charge in [-0.15, -0.1) is 0 Å². The van der Waals surface area contributed by atoms with Crippen molar-refractivity contribution in [2.24, 2.45) is 0 Å². The molecule has 0 aromatic heterocycles. The molecule has 0 radical (unpaired) electrons. The van der Waals surface area contributed by atoms with E-state index in [9.17, 15) is 8.42 Å². The van der Waals surface area contributed by atoms with Crippen molar-refractivity contribution in [3.05, 3.63) is 0 Å². The first-order chi connectivity index (χ1) is 5.60. The number of β-amino-alcohol motifs (C(OH)–C–C–N with tert-alkyl or cyclic N) is 1. The van der Waals surface area contributed by atoms with Crippen LogP contribution in [-0.4, -0.2) is 42.3 Å².